The molecular weight excluding hydrogens is 222 g/mol. The number of hydrogen-bond acceptors (Lipinski definition) is 2. The van der Waals surface area contributed by atoms with Crippen LogP contribution in [0.15, 0.2) is 12.1 Å². The van der Waals surface area contributed by atoms with Crippen LogP contribution in [0.25, 0.3) is 0 Å². The fourth-order valence-corrected chi connectivity index (χ4v) is 2.78. The zero-order valence-corrected chi connectivity index (χ0v) is 12.0. The van der Waals surface area contributed by atoms with Crippen LogP contribution in [0.2, 0.25) is 0 Å². The third kappa shape index (κ3) is 2.86. The van der Waals surface area contributed by atoms with Gasteiger partial charge in [-0.15, -0.1) is 0 Å². The van der Waals surface area contributed by atoms with Crippen molar-refractivity contribution in [2.75, 3.05) is 6.54 Å². The van der Waals surface area contributed by atoms with Gasteiger partial charge in [0.05, 0.1) is 0 Å². The average Bonchev–Trinajstić information content (AvgIpc) is 2.74. The molecule has 18 heavy (non-hydrogen) atoms. The summed E-state index contributed by atoms with van der Waals surface area (Å²) in [5.41, 5.74) is 3.40. The van der Waals surface area contributed by atoms with Crippen LogP contribution in [0.5, 0.6) is 5.75 Å². The lowest BCUT2D eigenvalue weighted by atomic mass is 9.83. The Labute approximate surface area is 110 Å². The van der Waals surface area contributed by atoms with Crippen LogP contribution in [0.3, 0.4) is 0 Å². The minimum atomic E-state index is -0.00599. The van der Waals surface area contributed by atoms with Crippen molar-refractivity contribution < 1.29 is 5.11 Å². The summed E-state index contributed by atoms with van der Waals surface area (Å²) in [6.07, 6.45) is 3.41. The number of hydrogen-bond donors (Lipinski definition) is 2. The van der Waals surface area contributed by atoms with E-state index >= 15 is 0 Å². The second kappa shape index (κ2) is 4.93. The Morgan fingerprint density at radius 1 is 1.33 bits per heavy atom. The van der Waals surface area contributed by atoms with E-state index in [-0.39, 0.29) is 5.41 Å². The Bertz CT molecular complexity index is 425. The maximum atomic E-state index is 10.5. The van der Waals surface area contributed by atoms with Crippen molar-refractivity contribution in [2.45, 2.75) is 58.4 Å². The van der Waals surface area contributed by atoms with E-state index < -0.39 is 0 Å². The molecule has 2 heteroatoms. The summed E-state index contributed by atoms with van der Waals surface area (Å²) in [4.78, 5) is 0. The highest BCUT2D eigenvalue weighted by Crippen LogP contribution is 2.35. The topological polar surface area (TPSA) is 32.3 Å². The average molecular weight is 247 g/mol. The largest absolute Gasteiger partial charge is 0.507 e. The number of aromatic hydroxyl groups is 1. The van der Waals surface area contributed by atoms with Crippen molar-refractivity contribution in [1.82, 2.24) is 5.32 Å². The van der Waals surface area contributed by atoms with E-state index in [9.17, 15) is 5.11 Å². The molecule has 2 rings (SSSR count). The predicted molar refractivity (Wildman–Crippen MR) is 76.3 cm³/mol. The molecule has 1 aromatic rings. The molecule has 1 fully saturated rings. The summed E-state index contributed by atoms with van der Waals surface area (Å²) in [7, 11) is 0. The third-order valence-corrected chi connectivity index (χ3v) is 3.77. The lowest BCUT2D eigenvalue weighted by Crippen LogP contribution is -2.24. The summed E-state index contributed by atoms with van der Waals surface area (Å²) >= 11 is 0. The third-order valence-electron chi connectivity index (χ3n) is 3.77. The first-order valence-electron chi connectivity index (χ1n) is 6.94. The molecule has 1 atom stereocenters. The molecule has 1 saturated heterocycles. The van der Waals surface area contributed by atoms with Gasteiger partial charge >= 0.3 is 0 Å². The van der Waals surface area contributed by atoms with Crippen molar-refractivity contribution in [3.05, 3.63) is 28.8 Å². The van der Waals surface area contributed by atoms with Crippen LogP contribution in [-0.2, 0) is 11.8 Å². The Hall–Kier alpha value is -1.02. The maximum absolute atomic E-state index is 10.5. The van der Waals surface area contributed by atoms with Gasteiger partial charge in [-0.2, -0.15) is 0 Å². The van der Waals surface area contributed by atoms with Gasteiger partial charge < -0.3 is 10.4 Å². The number of phenolic OH excluding ortho intramolecular Hbond substituents is 1. The van der Waals surface area contributed by atoms with Crippen LogP contribution in [0.4, 0.5) is 0 Å². The Morgan fingerprint density at radius 2 is 2.06 bits per heavy atom. The highest BCUT2D eigenvalue weighted by molar-refractivity contribution is 5.47. The first-order valence-corrected chi connectivity index (χ1v) is 6.94. The molecule has 100 valence electrons. The van der Waals surface area contributed by atoms with E-state index in [0.717, 1.165) is 24.1 Å². The molecule has 0 bridgehead atoms. The highest BCUT2D eigenvalue weighted by Gasteiger charge is 2.23. The Balaban J connectivity index is 2.32. The van der Waals surface area contributed by atoms with Gasteiger partial charge in [0, 0.05) is 6.04 Å². The minimum absolute atomic E-state index is 0.00599. The summed E-state index contributed by atoms with van der Waals surface area (Å²) in [5.74, 6) is 0.502. The van der Waals surface area contributed by atoms with Crippen molar-refractivity contribution in [3.8, 4) is 5.75 Å². The van der Waals surface area contributed by atoms with Crippen LogP contribution in [0, 0.1) is 6.92 Å². The summed E-state index contributed by atoms with van der Waals surface area (Å²) in [5, 5.41) is 14.0. The molecular formula is C16H25NO. The van der Waals surface area contributed by atoms with Gasteiger partial charge in [-0.3, -0.25) is 0 Å². The lowest BCUT2D eigenvalue weighted by Gasteiger charge is -2.23. The van der Waals surface area contributed by atoms with Gasteiger partial charge in [0.1, 0.15) is 5.75 Å². The van der Waals surface area contributed by atoms with E-state index in [1.54, 1.807) is 0 Å². The van der Waals surface area contributed by atoms with Crippen LogP contribution in [-0.4, -0.2) is 17.7 Å². The number of rotatable bonds is 2. The molecule has 0 saturated carbocycles. The van der Waals surface area contributed by atoms with E-state index in [1.807, 2.05) is 0 Å². The van der Waals surface area contributed by atoms with Gasteiger partial charge in [-0.1, -0.05) is 38.5 Å². The second-order valence-corrected chi connectivity index (χ2v) is 6.57. The summed E-state index contributed by atoms with van der Waals surface area (Å²) in [6.45, 7) is 9.68. The zero-order chi connectivity index (χ0) is 13.3. The molecule has 1 aromatic carbocycles. The van der Waals surface area contributed by atoms with E-state index in [1.165, 1.54) is 18.4 Å². The van der Waals surface area contributed by atoms with E-state index in [2.05, 4.69) is 45.1 Å². The van der Waals surface area contributed by atoms with Gasteiger partial charge in [-0.05, 0) is 49.3 Å². The normalized spacial score (nSPS) is 20.3. The number of benzene rings is 1. The predicted octanol–water partition coefficient (Wildman–Crippen LogP) is 3.29. The Morgan fingerprint density at radius 3 is 2.61 bits per heavy atom. The van der Waals surface area contributed by atoms with Crippen molar-refractivity contribution in [3.63, 3.8) is 0 Å². The van der Waals surface area contributed by atoms with Gasteiger partial charge in [0.2, 0.25) is 0 Å². The molecule has 1 heterocycles. The number of phenols is 1. The SMILES string of the molecule is Cc1cc(CC2CCCN2)c(O)c(C(C)(C)C)c1. The first kappa shape index (κ1) is 13.4. The molecule has 0 aliphatic carbocycles. The molecule has 2 nitrogen and oxygen atoms in total. The van der Waals surface area contributed by atoms with E-state index in [0.29, 0.717) is 11.8 Å². The molecule has 0 aromatic heterocycles. The van der Waals surface area contributed by atoms with Crippen molar-refractivity contribution >= 4 is 0 Å². The summed E-state index contributed by atoms with van der Waals surface area (Å²) in [6, 6.07) is 4.77. The van der Waals surface area contributed by atoms with Crippen molar-refractivity contribution in [1.29, 1.82) is 0 Å². The molecule has 0 radical (unpaired) electrons. The van der Waals surface area contributed by atoms with Crippen LogP contribution in [0.1, 0.15) is 50.3 Å². The molecule has 0 spiro atoms. The van der Waals surface area contributed by atoms with Crippen LogP contribution < -0.4 is 5.32 Å². The smallest absolute Gasteiger partial charge is 0.122 e. The van der Waals surface area contributed by atoms with Gasteiger partial charge in [0.15, 0.2) is 0 Å². The monoisotopic (exact) mass is 247 g/mol. The quantitative estimate of drug-likeness (QED) is 0.840. The fourth-order valence-electron chi connectivity index (χ4n) is 2.78. The van der Waals surface area contributed by atoms with Gasteiger partial charge in [-0.25, -0.2) is 0 Å². The van der Waals surface area contributed by atoms with Crippen LogP contribution >= 0.6 is 0 Å². The number of aryl methyl sites for hydroxylation is 1. The maximum Gasteiger partial charge on any atom is 0.122 e. The molecule has 1 unspecified atom stereocenters. The highest BCUT2D eigenvalue weighted by atomic mass is 16.3. The second-order valence-electron chi connectivity index (χ2n) is 6.57. The molecule has 0 amide bonds. The molecule has 1 aliphatic rings. The van der Waals surface area contributed by atoms with Crippen molar-refractivity contribution in [2.24, 2.45) is 0 Å². The number of nitrogens with one attached hydrogen (secondary N) is 1. The first-order chi connectivity index (χ1) is 8.38. The standard InChI is InChI=1S/C16H25NO/c1-11-8-12(10-13-6-5-7-17-13)15(18)14(9-11)16(2,3)4/h8-9,13,17-18H,5-7,10H2,1-4H3. The zero-order valence-electron chi connectivity index (χ0n) is 12.0. The summed E-state index contributed by atoms with van der Waals surface area (Å²) < 4.78 is 0. The van der Waals surface area contributed by atoms with E-state index in [4.69, 9.17) is 0 Å². The fraction of sp³-hybridized carbons (Fsp3) is 0.625. The minimum Gasteiger partial charge on any atom is -0.507 e. The molecule has 1 aliphatic heterocycles. The van der Waals surface area contributed by atoms with Gasteiger partial charge in [0.25, 0.3) is 0 Å². The lowest BCUT2D eigenvalue weighted by molar-refractivity contribution is 0.435. The molecule has 2 N–H and O–H groups in total. The Kier molecular flexibility index (Phi) is 3.67.